The van der Waals surface area contributed by atoms with E-state index in [1.165, 1.54) is 36.8 Å². The van der Waals surface area contributed by atoms with Crippen LogP contribution < -0.4 is 0 Å². The molecule has 0 aromatic heterocycles. The number of hydrogen-bond donors (Lipinski definition) is 0. The average molecular weight is 297 g/mol. The molecular formula is C20H27NO. The number of hydrogen-bond acceptors (Lipinski definition) is 2. The normalized spacial score (nSPS) is 26.4. The largest absolute Gasteiger partial charge is 0.235 e. The minimum absolute atomic E-state index is 0.286. The molecule has 2 fully saturated rings. The molecule has 2 aliphatic carbocycles. The molecule has 0 radical (unpaired) electrons. The Morgan fingerprint density at radius 1 is 1.05 bits per heavy atom. The molecule has 22 heavy (non-hydrogen) atoms. The average Bonchev–Trinajstić information content (AvgIpc) is 2.97. The summed E-state index contributed by atoms with van der Waals surface area (Å²) in [5.74, 6) is 0.687. The molecule has 0 N–H and O–H groups in total. The smallest absolute Gasteiger partial charge is 0.211 e. The van der Waals surface area contributed by atoms with Gasteiger partial charge in [-0.25, -0.2) is 4.79 Å². The van der Waals surface area contributed by atoms with E-state index in [0.29, 0.717) is 11.3 Å². The van der Waals surface area contributed by atoms with E-state index in [1.54, 1.807) is 0 Å². The van der Waals surface area contributed by atoms with Crippen molar-refractivity contribution < 1.29 is 4.79 Å². The molecule has 0 bridgehead atoms. The third kappa shape index (κ3) is 3.03. The van der Waals surface area contributed by atoms with E-state index in [9.17, 15) is 4.79 Å². The van der Waals surface area contributed by atoms with Gasteiger partial charge in [-0.2, -0.15) is 4.99 Å². The first-order chi connectivity index (χ1) is 10.5. The summed E-state index contributed by atoms with van der Waals surface area (Å²) >= 11 is 0. The summed E-state index contributed by atoms with van der Waals surface area (Å²) in [6.45, 7) is 4.78. The Balaban J connectivity index is 1.82. The number of aliphatic imine (C=N–C) groups is 1. The molecule has 2 nitrogen and oxygen atoms in total. The van der Waals surface area contributed by atoms with E-state index in [2.05, 4.69) is 43.1 Å². The molecule has 1 unspecified atom stereocenters. The SMILES string of the molecule is CC1(C)CCCC(c2ccc(C3(N=C=O)CCCC3)cc2)C1. The maximum absolute atomic E-state index is 10.8. The van der Waals surface area contributed by atoms with Crippen molar-refractivity contribution in [1.29, 1.82) is 0 Å². The topological polar surface area (TPSA) is 29.4 Å². The van der Waals surface area contributed by atoms with Crippen LogP contribution in [0.5, 0.6) is 0 Å². The third-order valence-corrected chi connectivity index (χ3v) is 5.81. The van der Waals surface area contributed by atoms with E-state index in [-0.39, 0.29) is 5.54 Å². The lowest BCUT2D eigenvalue weighted by molar-refractivity contribution is 0.219. The molecular weight excluding hydrogens is 270 g/mol. The summed E-state index contributed by atoms with van der Waals surface area (Å²) < 4.78 is 0. The second-order valence-corrected chi connectivity index (χ2v) is 8.02. The van der Waals surface area contributed by atoms with Gasteiger partial charge in [0.25, 0.3) is 0 Å². The molecule has 1 aromatic rings. The first-order valence-corrected chi connectivity index (χ1v) is 8.74. The minimum atomic E-state index is -0.286. The van der Waals surface area contributed by atoms with Crippen molar-refractivity contribution in [2.45, 2.75) is 76.7 Å². The van der Waals surface area contributed by atoms with Gasteiger partial charge in [-0.1, -0.05) is 57.4 Å². The molecule has 1 aromatic carbocycles. The lowest BCUT2D eigenvalue weighted by Crippen LogP contribution is -2.22. The number of carbonyl (C=O) groups excluding carboxylic acids is 1. The fourth-order valence-corrected chi connectivity index (χ4v) is 4.56. The number of isocyanates is 1. The lowest BCUT2D eigenvalue weighted by Gasteiger charge is -2.35. The molecule has 0 saturated heterocycles. The molecule has 2 saturated carbocycles. The van der Waals surface area contributed by atoms with Crippen LogP contribution in [0.15, 0.2) is 29.3 Å². The zero-order valence-corrected chi connectivity index (χ0v) is 13.9. The highest BCUT2D eigenvalue weighted by atomic mass is 16.1. The van der Waals surface area contributed by atoms with Gasteiger partial charge in [0.2, 0.25) is 6.08 Å². The molecule has 118 valence electrons. The van der Waals surface area contributed by atoms with Crippen LogP contribution in [0.2, 0.25) is 0 Å². The number of rotatable bonds is 3. The van der Waals surface area contributed by atoms with Crippen molar-refractivity contribution in [2.75, 3.05) is 0 Å². The number of benzene rings is 1. The molecule has 0 amide bonds. The fraction of sp³-hybridized carbons (Fsp3) is 0.650. The molecule has 0 heterocycles. The maximum atomic E-state index is 10.8. The van der Waals surface area contributed by atoms with Crippen molar-refractivity contribution in [3.8, 4) is 0 Å². The standard InChI is InChI=1S/C20H27NO/c1-19(2)11-5-6-17(14-19)16-7-9-18(10-8-16)20(21-15-22)12-3-4-13-20/h7-10,17H,3-6,11-14H2,1-2H3. The third-order valence-electron chi connectivity index (χ3n) is 5.81. The van der Waals surface area contributed by atoms with Crippen molar-refractivity contribution in [1.82, 2.24) is 0 Å². The predicted molar refractivity (Wildman–Crippen MR) is 89.7 cm³/mol. The Labute approximate surface area is 134 Å². The minimum Gasteiger partial charge on any atom is -0.211 e. The molecule has 0 spiro atoms. The van der Waals surface area contributed by atoms with Crippen LogP contribution >= 0.6 is 0 Å². The van der Waals surface area contributed by atoms with Crippen LogP contribution in [-0.4, -0.2) is 6.08 Å². The zero-order chi connectivity index (χ0) is 15.6. The number of nitrogens with zero attached hydrogens (tertiary/aromatic N) is 1. The summed E-state index contributed by atoms with van der Waals surface area (Å²) in [6, 6.07) is 8.98. The molecule has 2 heteroatoms. The highest BCUT2D eigenvalue weighted by Gasteiger charge is 2.36. The van der Waals surface area contributed by atoms with Gasteiger partial charge in [0.05, 0.1) is 5.54 Å². The highest BCUT2D eigenvalue weighted by molar-refractivity contribution is 5.39. The highest BCUT2D eigenvalue weighted by Crippen LogP contribution is 2.45. The van der Waals surface area contributed by atoms with E-state index >= 15 is 0 Å². The van der Waals surface area contributed by atoms with Crippen molar-refractivity contribution in [3.05, 3.63) is 35.4 Å². The Hall–Kier alpha value is -1.40. The molecule has 2 aliphatic rings. The maximum Gasteiger partial charge on any atom is 0.235 e. The van der Waals surface area contributed by atoms with E-state index in [1.807, 2.05) is 6.08 Å². The quantitative estimate of drug-likeness (QED) is 0.537. The predicted octanol–water partition coefficient (Wildman–Crippen LogP) is 5.48. The first-order valence-electron chi connectivity index (χ1n) is 8.74. The fourth-order valence-electron chi connectivity index (χ4n) is 4.56. The van der Waals surface area contributed by atoms with Gasteiger partial charge in [-0.05, 0) is 54.6 Å². The zero-order valence-electron chi connectivity index (χ0n) is 13.9. The Morgan fingerprint density at radius 2 is 1.73 bits per heavy atom. The Kier molecular flexibility index (Phi) is 4.23. The Morgan fingerprint density at radius 3 is 2.32 bits per heavy atom. The van der Waals surface area contributed by atoms with Gasteiger partial charge in [0, 0.05) is 0 Å². The van der Waals surface area contributed by atoms with Crippen LogP contribution in [-0.2, 0) is 10.3 Å². The first kappa shape index (κ1) is 15.5. The van der Waals surface area contributed by atoms with E-state index in [4.69, 9.17) is 0 Å². The van der Waals surface area contributed by atoms with Gasteiger partial charge in [0.15, 0.2) is 0 Å². The van der Waals surface area contributed by atoms with Crippen LogP contribution in [0.25, 0.3) is 0 Å². The summed E-state index contributed by atoms with van der Waals surface area (Å²) in [6.07, 6.45) is 11.4. The summed E-state index contributed by atoms with van der Waals surface area (Å²) in [5, 5.41) is 0. The van der Waals surface area contributed by atoms with Crippen LogP contribution in [0, 0.1) is 5.41 Å². The van der Waals surface area contributed by atoms with Crippen molar-refractivity contribution in [2.24, 2.45) is 10.4 Å². The van der Waals surface area contributed by atoms with Gasteiger partial charge in [-0.3, -0.25) is 0 Å². The Bertz CT molecular complexity index is 560. The van der Waals surface area contributed by atoms with E-state index < -0.39 is 0 Å². The van der Waals surface area contributed by atoms with E-state index in [0.717, 1.165) is 25.7 Å². The molecule has 0 aliphatic heterocycles. The van der Waals surface area contributed by atoms with Gasteiger partial charge in [-0.15, -0.1) is 0 Å². The van der Waals surface area contributed by atoms with Crippen LogP contribution in [0.1, 0.15) is 82.3 Å². The monoisotopic (exact) mass is 297 g/mol. The van der Waals surface area contributed by atoms with Gasteiger partial charge in [0.1, 0.15) is 0 Å². The van der Waals surface area contributed by atoms with Crippen LogP contribution in [0.3, 0.4) is 0 Å². The molecule has 3 rings (SSSR count). The summed E-state index contributed by atoms with van der Waals surface area (Å²) in [7, 11) is 0. The lowest BCUT2D eigenvalue weighted by atomic mass is 9.70. The summed E-state index contributed by atoms with van der Waals surface area (Å²) in [5.41, 5.74) is 2.84. The van der Waals surface area contributed by atoms with Gasteiger partial charge >= 0.3 is 0 Å². The van der Waals surface area contributed by atoms with Crippen LogP contribution in [0.4, 0.5) is 0 Å². The second kappa shape index (κ2) is 6.01. The van der Waals surface area contributed by atoms with Gasteiger partial charge < -0.3 is 0 Å². The van der Waals surface area contributed by atoms with Crippen molar-refractivity contribution in [3.63, 3.8) is 0 Å². The van der Waals surface area contributed by atoms with Crippen molar-refractivity contribution >= 4 is 6.08 Å². The molecule has 1 atom stereocenters. The summed E-state index contributed by atoms with van der Waals surface area (Å²) in [4.78, 5) is 15.0. The second-order valence-electron chi connectivity index (χ2n) is 8.02.